The topological polar surface area (TPSA) is 46.3 Å². The second-order valence-electron chi connectivity index (χ2n) is 5.44. The molecule has 3 nitrogen and oxygen atoms in total. The number of hydrogen-bond acceptors (Lipinski definition) is 2. The highest BCUT2D eigenvalue weighted by molar-refractivity contribution is 5.77. The normalized spacial score (nSPS) is 22.8. The van der Waals surface area contributed by atoms with Crippen LogP contribution in [0.2, 0.25) is 0 Å². The molecule has 1 fully saturated rings. The summed E-state index contributed by atoms with van der Waals surface area (Å²) in [6.45, 7) is 3.28. The van der Waals surface area contributed by atoms with Crippen molar-refractivity contribution in [3.05, 3.63) is 35.6 Å². The van der Waals surface area contributed by atoms with Gasteiger partial charge in [0, 0.05) is 19.5 Å². The van der Waals surface area contributed by atoms with Crippen molar-refractivity contribution in [3.63, 3.8) is 0 Å². The highest BCUT2D eigenvalue weighted by atomic mass is 19.1. The van der Waals surface area contributed by atoms with Gasteiger partial charge in [0.1, 0.15) is 5.82 Å². The van der Waals surface area contributed by atoms with Gasteiger partial charge in [0.2, 0.25) is 5.91 Å². The molecule has 2 rings (SSSR count). The second kappa shape index (κ2) is 5.70. The Labute approximate surface area is 113 Å². The third-order valence-corrected chi connectivity index (χ3v) is 4.06. The van der Waals surface area contributed by atoms with Gasteiger partial charge in [0.15, 0.2) is 0 Å². The summed E-state index contributed by atoms with van der Waals surface area (Å²) in [5.41, 5.74) is 6.16. The van der Waals surface area contributed by atoms with Crippen molar-refractivity contribution >= 4 is 5.91 Å². The number of carbonyl (C=O) groups is 1. The van der Waals surface area contributed by atoms with Gasteiger partial charge in [-0.05, 0) is 37.8 Å². The van der Waals surface area contributed by atoms with Crippen LogP contribution in [0.5, 0.6) is 0 Å². The Balaban J connectivity index is 1.97. The molecule has 1 aliphatic heterocycles. The van der Waals surface area contributed by atoms with Crippen LogP contribution in [0.3, 0.4) is 0 Å². The van der Waals surface area contributed by atoms with E-state index < -0.39 is 0 Å². The van der Waals surface area contributed by atoms with E-state index in [0.717, 1.165) is 19.4 Å². The van der Waals surface area contributed by atoms with Crippen molar-refractivity contribution in [1.82, 2.24) is 4.90 Å². The van der Waals surface area contributed by atoms with Gasteiger partial charge in [-0.25, -0.2) is 4.39 Å². The molecule has 4 heteroatoms. The van der Waals surface area contributed by atoms with Crippen molar-refractivity contribution in [2.75, 3.05) is 13.1 Å². The first-order chi connectivity index (χ1) is 9.07. The molecule has 1 amide bonds. The van der Waals surface area contributed by atoms with Crippen molar-refractivity contribution in [2.45, 2.75) is 38.1 Å². The van der Waals surface area contributed by atoms with Crippen LogP contribution in [0.1, 0.15) is 31.7 Å². The first-order valence-corrected chi connectivity index (χ1v) is 6.81. The van der Waals surface area contributed by atoms with E-state index in [9.17, 15) is 9.18 Å². The molecule has 1 atom stereocenters. The van der Waals surface area contributed by atoms with Gasteiger partial charge in [0.25, 0.3) is 0 Å². The molecular formula is C15H21FN2O. The van der Waals surface area contributed by atoms with Crippen LogP contribution in [0, 0.1) is 5.82 Å². The summed E-state index contributed by atoms with van der Waals surface area (Å²) < 4.78 is 13.5. The van der Waals surface area contributed by atoms with Crippen LogP contribution in [0.15, 0.2) is 24.3 Å². The Kier molecular flexibility index (Phi) is 4.20. The minimum atomic E-state index is -0.238. The fourth-order valence-corrected chi connectivity index (χ4v) is 2.74. The van der Waals surface area contributed by atoms with Crippen LogP contribution >= 0.6 is 0 Å². The second-order valence-corrected chi connectivity index (χ2v) is 5.44. The number of amides is 1. The Morgan fingerprint density at radius 3 is 2.89 bits per heavy atom. The zero-order chi connectivity index (χ0) is 13.9. The highest BCUT2D eigenvalue weighted by Gasteiger charge is 2.37. The van der Waals surface area contributed by atoms with Gasteiger partial charge in [-0.15, -0.1) is 0 Å². The smallest absolute Gasteiger partial charge is 0.223 e. The Morgan fingerprint density at radius 1 is 1.47 bits per heavy atom. The quantitative estimate of drug-likeness (QED) is 0.905. The predicted octanol–water partition coefficient (Wildman–Crippen LogP) is 2.10. The van der Waals surface area contributed by atoms with Crippen LogP contribution in [-0.2, 0) is 11.2 Å². The lowest BCUT2D eigenvalue weighted by molar-refractivity contribution is -0.134. The van der Waals surface area contributed by atoms with E-state index in [0.29, 0.717) is 24.9 Å². The zero-order valence-corrected chi connectivity index (χ0v) is 11.4. The highest BCUT2D eigenvalue weighted by Crippen LogP contribution is 2.28. The van der Waals surface area contributed by atoms with Crippen molar-refractivity contribution < 1.29 is 9.18 Å². The number of benzene rings is 1. The number of carbonyl (C=O) groups excluding carboxylic acids is 1. The number of nitrogens with two attached hydrogens (primary N) is 1. The molecule has 0 radical (unpaired) electrons. The molecule has 0 bridgehead atoms. The van der Waals surface area contributed by atoms with E-state index in [2.05, 4.69) is 0 Å². The van der Waals surface area contributed by atoms with Crippen LogP contribution in [0.4, 0.5) is 4.39 Å². The van der Waals surface area contributed by atoms with Crippen LogP contribution in [-0.4, -0.2) is 29.4 Å². The lowest BCUT2D eigenvalue weighted by Crippen LogP contribution is -2.50. The third kappa shape index (κ3) is 2.95. The largest absolute Gasteiger partial charge is 0.336 e. The van der Waals surface area contributed by atoms with E-state index in [1.54, 1.807) is 18.2 Å². The number of halogens is 1. The van der Waals surface area contributed by atoms with Gasteiger partial charge >= 0.3 is 0 Å². The first-order valence-electron chi connectivity index (χ1n) is 6.81. The van der Waals surface area contributed by atoms with Gasteiger partial charge in [0.05, 0.1) is 5.54 Å². The van der Waals surface area contributed by atoms with Crippen molar-refractivity contribution in [1.29, 1.82) is 0 Å². The summed E-state index contributed by atoms with van der Waals surface area (Å²) >= 11 is 0. The SMILES string of the molecule is CC1(CN)CCCN1C(=O)CCc1ccccc1F. The summed E-state index contributed by atoms with van der Waals surface area (Å²) in [5.74, 6) is -0.160. The van der Waals surface area contributed by atoms with E-state index >= 15 is 0 Å². The molecule has 1 aromatic carbocycles. The van der Waals surface area contributed by atoms with Crippen LogP contribution in [0.25, 0.3) is 0 Å². The number of hydrogen-bond donors (Lipinski definition) is 1. The summed E-state index contributed by atoms with van der Waals surface area (Å²) in [6, 6.07) is 6.61. The minimum Gasteiger partial charge on any atom is -0.336 e. The predicted molar refractivity (Wildman–Crippen MR) is 73.1 cm³/mol. The average Bonchev–Trinajstić information content (AvgIpc) is 2.80. The standard InChI is InChI=1S/C15H21FN2O/c1-15(11-17)9-4-10-18(15)14(19)8-7-12-5-2-3-6-13(12)16/h2-3,5-6H,4,7-11,17H2,1H3. The fourth-order valence-electron chi connectivity index (χ4n) is 2.74. The molecule has 104 valence electrons. The monoisotopic (exact) mass is 264 g/mol. The molecule has 0 saturated carbocycles. The van der Waals surface area contributed by atoms with Gasteiger partial charge in [-0.1, -0.05) is 18.2 Å². The van der Waals surface area contributed by atoms with E-state index in [1.165, 1.54) is 6.07 Å². The molecule has 1 saturated heterocycles. The maximum atomic E-state index is 13.5. The molecule has 1 aromatic rings. The third-order valence-electron chi connectivity index (χ3n) is 4.06. The van der Waals surface area contributed by atoms with E-state index in [-0.39, 0.29) is 17.3 Å². The fraction of sp³-hybridized carbons (Fsp3) is 0.533. The van der Waals surface area contributed by atoms with E-state index in [1.807, 2.05) is 11.8 Å². The maximum absolute atomic E-state index is 13.5. The number of likely N-dealkylation sites (tertiary alicyclic amines) is 1. The molecule has 0 spiro atoms. The number of nitrogens with zero attached hydrogens (tertiary/aromatic N) is 1. The summed E-state index contributed by atoms with van der Waals surface area (Å²) in [6.07, 6.45) is 2.74. The van der Waals surface area contributed by atoms with E-state index in [4.69, 9.17) is 5.73 Å². The Hall–Kier alpha value is -1.42. The summed E-state index contributed by atoms with van der Waals surface area (Å²) in [5, 5.41) is 0. The zero-order valence-electron chi connectivity index (χ0n) is 11.4. The molecule has 1 heterocycles. The van der Waals surface area contributed by atoms with Gasteiger partial charge in [-0.2, -0.15) is 0 Å². The van der Waals surface area contributed by atoms with Gasteiger partial charge < -0.3 is 10.6 Å². The minimum absolute atomic E-state index is 0.0775. The number of rotatable bonds is 4. The summed E-state index contributed by atoms with van der Waals surface area (Å²) in [4.78, 5) is 14.1. The molecule has 1 unspecified atom stereocenters. The Bertz CT molecular complexity index is 463. The lowest BCUT2D eigenvalue weighted by Gasteiger charge is -2.34. The molecule has 0 aromatic heterocycles. The van der Waals surface area contributed by atoms with Crippen molar-refractivity contribution in [3.8, 4) is 0 Å². The molecule has 1 aliphatic rings. The molecule has 2 N–H and O–H groups in total. The number of aryl methyl sites for hydroxylation is 1. The molecular weight excluding hydrogens is 243 g/mol. The first kappa shape index (κ1) is 14.0. The van der Waals surface area contributed by atoms with Crippen molar-refractivity contribution in [2.24, 2.45) is 5.73 Å². The molecule has 19 heavy (non-hydrogen) atoms. The van der Waals surface area contributed by atoms with Crippen LogP contribution < -0.4 is 5.73 Å². The Morgan fingerprint density at radius 2 is 2.21 bits per heavy atom. The summed E-state index contributed by atoms with van der Waals surface area (Å²) in [7, 11) is 0. The maximum Gasteiger partial charge on any atom is 0.223 e. The average molecular weight is 264 g/mol. The molecule has 0 aliphatic carbocycles. The van der Waals surface area contributed by atoms with Gasteiger partial charge in [-0.3, -0.25) is 4.79 Å². The lowest BCUT2D eigenvalue weighted by atomic mass is 9.98.